The van der Waals surface area contributed by atoms with E-state index >= 15 is 19.2 Å². The molecule has 13 rings (SSSR count). The number of hydrogen-bond donors (Lipinski definition) is 2. The Hall–Kier alpha value is -9.38. The number of epoxide rings is 2. The minimum atomic E-state index is -1.28. The number of carbonyl (C=O) groups is 6. The second-order valence-electron chi connectivity index (χ2n) is 30.9. The molecule has 16 nitrogen and oxygen atoms in total. The molecule has 2 saturated heterocycles. The van der Waals surface area contributed by atoms with E-state index in [0.29, 0.717) is 68.5 Å². The van der Waals surface area contributed by atoms with E-state index in [9.17, 15) is 9.59 Å². The van der Waals surface area contributed by atoms with Gasteiger partial charge in [-0.25, -0.2) is 0 Å². The molecule has 496 valence electrons. The molecule has 96 heavy (non-hydrogen) atoms. The molecule has 4 atom stereocenters. The van der Waals surface area contributed by atoms with Crippen molar-refractivity contribution in [3.8, 4) is 46.0 Å². The predicted octanol–water partition coefficient (Wildman–Crippen LogP) is 16.4. The van der Waals surface area contributed by atoms with E-state index in [0.717, 1.165) is 32.1 Å². The van der Waals surface area contributed by atoms with E-state index in [1.54, 1.807) is 52.0 Å². The van der Waals surface area contributed by atoms with Gasteiger partial charge in [0, 0.05) is 56.2 Å². The number of nitrogens with one attached hydrogen (secondary N) is 2. The van der Waals surface area contributed by atoms with Crippen LogP contribution in [-0.2, 0) is 40.7 Å². The highest BCUT2D eigenvalue weighted by molar-refractivity contribution is 6.45. The summed E-state index contributed by atoms with van der Waals surface area (Å²) in [6.07, 6.45) is -0.373. The first-order valence-corrected chi connectivity index (χ1v) is 33.3. The highest BCUT2D eigenvalue weighted by Crippen LogP contribution is 2.58. The summed E-state index contributed by atoms with van der Waals surface area (Å²) in [5, 5.41) is 8.35. The molecule has 9 aromatic carbocycles. The van der Waals surface area contributed by atoms with Crippen LogP contribution in [0, 0.1) is 11.8 Å². The molecule has 4 unspecified atom stereocenters. The first kappa shape index (κ1) is 65.3. The fourth-order valence-corrected chi connectivity index (χ4v) is 13.4. The molecule has 0 aliphatic carbocycles. The molecule has 4 aliphatic heterocycles. The normalized spacial score (nSPS) is 17.1. The molecule has 0 spiro atoms. The largest absolute Gasteiger partial charge is 0.457 e. The van der Waals surface area contributed by atoms with E-state index < -0.39 is 59.4 Å². The number of ether oxygens (including phenoxy) is 6. The molecule has 16 heteroatoms. The van der Waals surface area contributed by atoms with Crippen molar-refractivity contribution in [1.82, 2.24) is 20.4 Å². The third kappa shape index (κ3) is 11.9. The lowest BCUT2D eigenvalue weighted by atomic mass is 9.80. The van der Waals surface area contributed by atoms with Crippen molar-refractivity contribution in [3.63, 3.8) is 0 Å². The van der Waals surface area contributed by atoms with Gasteiger partial charge in [0.05, 0.1) is 47.7 Å². The molecule has 0 saturated carbocycles. The van der Waals surface area contributed by atoms with Gasteiger partial charge in [-0.05, 0) is 129 Å². The molecule has 2 fully saturated rings. The number of amides is 6. The van der Waals surface area contributed by atoms with E-state index in [1.165, 1.54) is 0 Å². The topological polar surface area (TPSA) is 195 Å². The summed E-state index contributed by atoms with van der Waals surface area (Å²) >= 11 is 0. The molecule has 6 amide bonds. The average Bonchev–Trinajstić information content (AvgIpc) is 0.764. The molecule has 0 aromatic heterocycles. The second kappa shape index (κ2) is 23.8. The van der Waals surface area contributed by atoms with Crippen molar-refractivity contribution in [2.45, 2.75) is 157 Å². The lowest BCUT2D eigenvalue weighted by Gasteiger charge is -2.37. The molecule has 9 aromatic rings. The summed E-state index contributed by atoms with van der Waals surface area (Å²) < 4.78 is 40.1. The van der Waals surface area contributed by atoms with Crippen molar-refractivity contribution in [2.24, 2.45) is 11.8 Å². The Morgan fingerprint density at radius 1 is 0.385 bits per heavy atom. The van der Waals surface area contributed by atoms with Crippen molar-refractivity contribution >= 4 is 78.5 Å². The summed E-state index contributed by atoms with van der Waals surface area (Å²) in [7, 11) is 0. The van der Waals surface area contributed by atoms with Crippen molar-refractivity contribution in [3.05, 3.63) is 166 Å². The van der Waals surface area contributed by atoms with Crippen molar-refractivity contribution in [1.29, 1.82) is 0 Å². The molecule has 0 bridgehead atoms. The van der Waals surface area contributed by atoms with Crippen LogP contribution in [0.15, 0.2) is 121 Å². The maximum atomic E-state index is 16.2. The van der Waals surface area contributed by atoms with Gasteiger partial charge in [0.25, 0.3) is 23.6 Å². The zero-order valence-electron chi connectivity index (χ0n) is 57.6. The van der Waals surface area contributed by atoms with Gasteiger partial charge in [-0.3, -0.25) is 38.6 Å². The lowest BCUT2D eigenvalue weighted by Crippen LogP contribution is -2.56. The maximum Gasteiger partial charge on any atom is 0.262 e. The third-order valence-corrected chi connectivity index (χ3v) is 18.9. The second-order valence-corrected chi connectivity index (χ2v) is 30.9. The molecular weight excluding hydrogens is 1210 g/mol. The summed E-state index contributed by atoms with van der Waals surface area (Å²) in [6.45, 7) is 33.9. The Morgan fingerprint density at radius 3 is 0.792 bits per heavy atom. The lowest BCUT2D eigenvalue weighted by molar-refractivity contribution is -0.127. The number of hydrogen-bond acceptors (Lipinski definition) is 12. The van der Waals surface area contributed by atoms with Gasteiger partial charge in [-0.2, -0.15) is 0 Å². The van der Waals surface area contributed by atoms with Gasteiger partial charge >= 0.3 is 0 Å². The van der Waals surface area contributed by atoms with Crippen LogP contribution in [0.3, 0.4) is 0 Å². The minimum absolute atomic E-state index is 0.0535. The van der Waals surface area contributed by atoms with Crippen LogP contribution in [0.5, 0.6) is 46.0 Å². The SMILES string of the molecule is CC(C)C(C(=O)NCC1CO1)N1C(=O)c2cc(Oc3ccc(C(C)(C)C)cc3)c3c4c(Oc5ccc(C(C)(C)C)cc5)cc5c6c(cc(Oc7ccc(C(C)(C)C)cc7)c(c7c(Oc8ccc(C(C)(C)C)cc8)cc(c2c37)C1=O)c64)C(=O)N(C(C(=O)NCC1CO1)C(C)C)C5=O. The van der Waals surface area contributed by atoms with Gasteiger partial charge in [0.15, 0.2) is 0 Å². The standard InChI is InChI=1S/C80H84N4O12/c1-41(2)69(71(85)81-37-51-39-91-51)83-73(87)53-33-57(93-47-25-17-43(18-26-47)77(5,6)7)63-65-59(95-49-29-21-45(22-30-49)79(11,12)13)35-55-62-56(76(90)84(75(55)89)70(42(3)4)72(86)82-38-52-40-92-52)36-60(96-50-31-23-46(24-32-50)80(14,15)16)66(68(62)65)64-58(34-54(74(83)88)61(53)67(63)64)94-48-27-19-44(20-28-48)78(8,9)10/h17-36,41-42,51-52,69-70H,37-40H2,1-16H3,(H,81,85)(H,82,86). The highest BCUT2D eigenvalue weighted by Gasteiger charge is 2.48. The van der Waals surface area contributed by atoms with Crippen LogP contribution in [0.1, 0.15) is 174 Å². The maximum absolute atomic E-state index is 16.2. The molecule has 0 radical (unpaired) electrons. The monoisotopic (exact) mass is 1290 g/mol. The van der Waals surface area contributed by atoms with E-state index in [1.807, 2.05) is 97.1 Å². The molecular formula is C80H84N4O12. The Labute approximate surface area is 560 Å². The van der Waals surface area contributed by atoms with Crippen LogP contribution >= 0.6 is 0 Å². The zero-order chi connectivity index (χ0) is 68.6. The Kier molecular flexibility index (Phi) is 16.2. The summed E-state index contributed by atoms with van der Waals surface area (Å²) in [5.74, 6) is -3.08. The fraction of sp³-hybridized carbons (Fsp3) is 0.375. The van der Waals surface area contributed by atoms with E-state index in [2.05, 4.69) is 93.7 Å². The van der Waals surface area contributed by atoms with E-state index in [-0.39, 0.29) is 103 Å². The fourth-order valence-electron chi connectivity index (χ4n) is 13.4. The Balaban J connectivity index is 1.21. The van der Waals surface area contributed by atoms with Gasteiger partial charge in [-0.15, -0.1) is 0 Å². The molecule has 2 N–H and O–H groups in total. The van der Waals surface area contributed by atoms with Gasteiger partial charge in [0.1, 0.15) is 58.1 Å². The molecule has 4 heterocycles. The highest BCUT2D eigenvalue weighted by atomic mass is 16.6. The zero-order valence-corrected chi connectivity index (χ0v) is 57.6. The van der Waals surface area contributed by atoms with Gasteiger partial charge in [-0.1, -0.05) is 159 Å². The Morgan fingerprint density at radius 2 is 0.604 bits per heavy atom. The van der Waals surface area contributed by atoms with Crippen LogP contribution in [-0.4, -0.2) is 95.8 Å². The van der Waals surface area contributed by atoms with E-state index in [4.69, 9.17) is 28.4 Å². The van der Waals surface area contributed by atoms with Crippen LogP contribution in [0.2, 0.25) is 0 Å². The third-order valence-electron chi connectivity index (χ3n) is 18.9. The van der Waals surface area contributed by atoms with Crippen LogP contribution in [0.4, 0.5) is 0 Å². The quantitative estimate of drug-likeness (QED) is 0.0358. The average molecular weight is 1290 g/mol. The van der Waals surface area contributed by atoms with Gasteiger partial charge in [0.2, 0.25) is 11.8 Å². The molecule has 4 aliphatic rings. The minimum Gasteiger partial charge on any atom is -0.457 e. The number of fused-ring (bicyclic) bond motifs is 2. The number of nitrogens with zero attached hydrogens (tertiary/aromatic N) is 2. The number of carbonyl (C=O) groups excluding carboxylic acids is 6. The summed E-state index contributed by atoms with van der Waals surface area (Å²) in [6, 6.07) is 34.7. The van der Waals surface area contributed by atoms with Gasteiger partial charge < -0.3 is 39.1 Å². The van der Waals surface area contributed by atoms with Crippen molar-refractivity contribution < 1.29 is 57.2 Å². The number of benzene rings is 9. The summed E-state index contributed by atoms with van der Waals surface area (Å²) in [4.78, 5) is 96.0. The van der Waals surface area contributed by atoms with Crippen LogP contribution < -0.4 is 29.6 Å². The first-order valence-electron chi connectivity index (χ1n) is 33.3. The first-order chi connectivity index (χ1) is 45.3. The Bertz CT molecular complexity index is 4110. The smallest absolute Gasteiger partial charge is 0.262 e. The predicted molar refractivity (Wildman–Crippen MR) is 372 cm³/mol. The van der Waals surface area contributed by atoms with Crippen LogP contribution in [0.25, 0.3) is 43.1 Å². The van der Waals surface area contributed by atoms with Crippen molar-refractivity contribution in [2.75, 3.05) is 26.3 Å². The summed E-state index contributed by atoms with van der Waals surface area (Å²) in [5.41, 5.74) is 3.40. The number of imide groups is 2. The number of rotatable bonds is 18.